The number of hydrogen-bond donors (Lipinski definition) is 1. The summed E-state index contributed by atoms with van der Waals surface area (Å²) in [6.07, 6.45) is 5.00. The molecule has 0 radical (unpaired) electrons. The molecule has 1 aliphatic heterocycles. The lowest BCUT2D eigenvalue weighted by atomic mass is 9.64. The summed E-state index contributed by atoms with van der Waals surface area (Å²) >= 11 is 0. The first-order valence-corrected chi connectivity index (χ1v) is 8.72. The van der Waals surface area contributed by atoms with Crippen LogP contribution in [0.5, 0.6) is 0 Å². The predicted octanol–water partition coefficient (Wildman–Crippen LogP) is 2.68. The Morgan fingerprint density at radius 2 is 2.17 bits per heavy atom. The monoisotopic (exact) mass is 320 g/mol. The van der Waals surface area contributed by atoms with Crippen LogP contribution in [-0.2, 0) is 4.74 Å². The number of hydrogen-bond acceptors (Lipinski definition) is 4. The van der Waals surface area contributed by atoms with E-state index in [1.165, 1.54) is 0 Å². The van der Waals surface area contributed by atoms with E-state index in [0.29, 0.717) is 23.9 Å². The SMILES string of the molecule is CCO[C@H]1C[C@@H](NC2CCN(C(=O)c3ccco3)CC2)C1(C)C. The van der Waals surface area contributed by atoms with Crippen LogP contribution in [0.1, 0.15) is 50.6 Å². The van der Waals surface area contributed by atoms with E-state index in [1.54, 1.807) is 18.4 Å². The Hall–Kier alpha value is -1.33. The van der Waals surface area contributed by atoms with Crippen molar-refractivity contribution in [2.75, 3.05) is 19.7 Å². The first-order valence-electron chi connectivity index (χ1n) is 8.72. The molecule has 1 saturated carbocycles. The Labute approximate surface area is 138 Å². The van der Waals surface area contributed by atoms with Crippen molar-refractivity contribution in [1.82, 2.24) is 10.2 Å². The lowest BCUT2D eigenvalue weighted by Gasteiger charge is -2.53. The molecule has 0 bridgehead atoms. The van der Waals surface area contributed by atoms with E-state index in [2.05, 4.69) is 26.1 Å². The average Bonchev–Trinajstić information content (AvgIpc) is 3.08. The van der Waals surface area contributed by atoms with E-state index in [1.807, 2.05) is 4.90 Å². The topological polar surface area (TPSA) is 54.7 Å². The molecule has 1 saturated heterocycles. The summed E-state index contributed by atoms with van der Waals surface area (Å²) in [7, 11) is 0. The maximum Gasteiger partial charge on any atom is 0.289 e. The molecule has 128 valence electrons. The molecule has 0 aromatic carbocycles. The number of nitrogens with one attached hydrogen (secondary N) is 1. The zero-order chi connectivity index (χ0) is 16.4. The number of piperidine rings is 1. The molecular weight excluding hydrogens is 292 g/mol. The van der Waals surface area contributed by atoms with Gasteiger partial charge in [0.15, 0.2) is 5.76 Å². The molecule has 23 heavy (non-hydrogen) atoms. The molecule has 1 aromatic rings. The third kappa shape index (κ3) is 3.31. The highest BCUT2D eigenvalue weighted by atomic mass is 16.5. The first kappa shape index (κ1) is 16.5. The van der Waals surface area contributed by atoms with Crippen LogP contribution in [-0.4, -0.2) is 48.7 Å². The van der Waals surface area contributed by atoms with E-state index < -0.39 is 0 Å². The van der Waals surface area contributed by atoms with Crippen molar-refractivity contribution in [3.63, 3.8) is 0 Å². The van der Waals surface area contributed by atoms with Gasteiger partial charge in [0.05, 0.1) is 12.4 Å². The van der Waals surface area contributed by atoms with Gasteiger partial charge >= 0.3 is 0 Å². The Morgan fingerprint density at radius 1 is 1.43 bits per heavy atom. The Bertz CT molecular complexity index is 518. The number of rotatable bonds is 5. The fraction of sp³-hybridized carbons (Fsp3) is 0.722. The van der Waals surface area contributed by atoms with Crippen molar-refractivity contribution in [2.24, 2.45) is 5.41 Å². The molecule has 2 heterocycles. The second-order valence-corrected chi connectivity index (χ2v) is 7.26. The van der Waals surface area contributed by atoms with Gasteiger partial charge in [0.25, 0.3) is 5.91 Å². The minimum atomic E-state index is 0.00818. The highest BCUT2D eigenvalue weighted by Gasteiger charge is 2.49. The lowest BCUT2D eigenvalue weighted by molar-refractivity contribution is -0.117. The smallest absolute Gasteiger partial charge is 0.289 e. The van der Waals surface area contributed by atoms with Gasteiger partial charge in [-0.3, -0.25) is 4.79 Å². The van der Waals surface area contributed by atoms with Gasteiger partial charge in [-0.1, -0.05) is 13.8 Å². The lowest BCUT2D eigenvalue weighted by Crippen LogP contribution is -2.63. The highest BCUT2D eigenvalue weighted by molar-refractivity contribution is 5.91. The number of carbonyl (C=O) groups excluding carboxylic acids is 1. The molecule has 3 rings (SSSR count). The largest absolute Gasteiger partial charge is 0.459 e. The van der Waals surface area contributed by atoms with Gasteiger partial charge in [-0.25, -0.2) is 0 Å². The number of nitrogens with zero attached hydrogens (tertiary/aromatic N) is 1. The van der Waals surface area contributed by atoms with Crippen LogP contribution >= 0.6 is 0 Å². The van der Waals surface area contributed by atoms with Gasteiger partial charge in [-0.2, -0.15) is 0 Å². The van der Waals surface area contributed by atoms with E-state index >= 15 is 0 Å². The van der Waals surface area contributed by atoms with Crippen molar-refractivity contribution in [3.8, 4) is 0 Å². The Kier molecular flexibility index (Phi) is 4.78. The molecular formula is C18H28N2O3. The highest BCUT2D eigenvalue weighted by Crippen LogP contribution is 2.43. The van der Waals surface area contributed by atoms with Crippen LogP contribution < -0.4 is 5.32 Å². The van der Waals surface area contributed by atoms with Crippen molar-refractivity contribution in [3.05, 3.63) is 24.2 Å². The molecule has 0 unspecified atom stereocenters. The number of ether oxygens (including phenoxy) is 1. The van der Waals surface area contributed by atoms with Gasteiger partial charge < -0.3 is 19.4 Å². The van der Waals surface area contributed by atoms with Crippen LogP contribution in [0.4, 0.5) is 0 Å². The molecule has 0 spiro atoms. The second-order valence-electron chi connectivity index (χ2n) is 7.26. The number of carbonyl (C=O) groups is 1. The third-order valence-corrected chi connectivity index (χ3v) is 5.50. The molecule has 2 atom stereocenters. The maximum absolute atomic E-state index is 12.3. The molecule has 5 heteroatoms. The normalized spacial score (nSPS) is 27.7. The maximum atomic E-state index is 12.3. The van der Waals surface area contributed by atoms with Crippen LogP contribution in [0.25, 0.3) is 0 Å². The summed E-state index contributed by atoms with van der Waals surface area (Å²) in [5.74, 6) is 0.449. The summed E-state index contributed by atoms with van der Waals surface area (Å²) in [4.78, 5) is 14.2. The average molecular weight is 320 g/mol. The summed E-state index contributed by atoms with van der Waals surface area (Å²) in [5.41, 5.74) is 0.192. The van der Waals surface area contributed by atoms with E-state index in [-0.39, 0.29) is 11.3 Å². The Balaban J connectivity index is 1.46. The number of likely N-dealkylation sites (tertiary alicyclic amines) is 1. The van der Waals surface area contributed by atoms with Gasteiger partial charge in [0.1, 0.15) is 0 Å². The minimum Gasteiger partial charge on any atom is -0.459 e. The molecule has 1 aromatic heterocycles. The van der Waals surface area contributed by atoms with Crippen LogP contribution in [0.3, 0.4) is 0 Å². The molecule has 1 amide bonds. The van der Waals surface area contributed by atoms with Gasteiger partial charge in [0.2, 0.25) is 0 Å². The van der Waals surface area contributed by atoms with Crippen molar-refractivity contribution in [1.29, 1.82) is 0 Å². The summed E-state index contributed by atoms with van der Waals surface area (Å²) in [6, 6.07) is 4.49. The van der Waals surface area contributed by atoms with Gasteiger partial charge in [0, 0.05) is 37.2 Å². The minimum absolute atomic E-state index is 0.00818. The van der Waals surface area contributed by atoms with Crippen LogP contribution in [0.2, 0.25) is 0 Å². The Morgan fingerprint density at radius 3 is 2.74 bits per heavy atom. The standard InChI is InChI=1S/C18H28N2O3/c1-4-22-16-12-15(18(16,2)3)19-13-7-9-20(10-8-13)17(21)14-6-5-11-23-14/h5-6,11,13,15-16,19H,4,7-10,12H2,1-3H3/t15-,16+/m1/s1. The van der Waals surface area contributed by atoms with Crippen molar-refractivity contribution < 1.29 is 13.9 Å². The second kappa shape index (κ2) is 6.65. The van der Waals surface area contributed by atoms with Gasteiger partial charge in [-0.05, 0) is 38.3 Å². The summed E-state index contributed by atoms with van der Waals surface area (Å²) < 4.78 is 11.0. The fourth-order valence-electron chi connectivity index (χ4n) is 3.74. The van der Waals surface area contributed by atoms with Crippen LogP contribution in [0, 0.1) is 5.41 Å². The van der Waals surface area contributed by atoms with Crippen molar-refractivity contribution in [2.45, 2.75) is 58.2 Å². The van der Waals surface area contributed by atoms with Crippen molar-refractivity contribution >= 4 is 5.91 Å². The number of amides is 1. The zero-order valence-corrected chi connectivity index (χ0v) is 14.4. The van der Waals surface area contributed by atoms with E-state index in [4.69, 9.17) is 9.15 Å². The molecule has 1 N–H and O–H groups in total. The van der Waals surface area contributed by atoms with Crippen LogP contribution in [0.15, 0.2) is 22.8 Å². The van der Waals surface area contributed by atoms with E-state index in [0.717, 1.165) is 39.0 Å². The number of furan rings is 1. The summed E-state index contributed by atoms with van der Waals surface area (Å²) in [6.45, 7) is 8.99. The summed E-state index contributed by atoms with van der Waals surface area (Å²) in [5, 5.41) is 3.79. The molecule has 1 aliphatic carbocycles. The predicted molar refractivity (Wildman–Crippen MR) is 88.4 cm³/mol. The molecule has 2 aliphatic rings. The fourth-order valence-corrected chi connectivity index (χ4v) is 3.74. The first-order chi connectivity index (χ1) is 11.0. The molecule has 5 nitrogen and oxygen atoms in total. The van der Waals surface area contributed by atoms with E-state index in [9.17, 15) is 4.79 Å². The third-order valence-electron chi connectivity index (χ3n) is 5.50. The van der Waals surface area contributed by atoms with Gasteiger partial charge in [-0.15, -0.1) is 0 Å². The quantitative estimate of drug-likeness (QED) is 0.906. The molecule has 2 fully saturated rings. The zero-order valence-electron chi connectivity index (χ0n) is 14.4.